The van der Waals surface area contributed by atoms with Crippen molar-refractivity contribution in [2.24, 2.45) is 5.73 Å². The van der Waals surface area contributed by atoms with Crippen molar-refractivity contribution in [3.8, 4) is 22.6 Å². The average molecular weight is 350 g/mol. The Labute approximate surface area is 134 Å². The summed E-state index contributed by atoms with van der Waals surface area (Å²) in [6.45, 7) is 2.09. The maximum absolute atomic E-state index is 6.05. The fourth-order valence-electron chi connectivity index (χ4n) is 2.27. The fraction of sp³-hybridized carbons (Fsp3) is 0.294. The summed E-state index contributed by atoms with van der Waals surface area (Å²) >= 11 is 3.53. The van der Waals surface area contributed by atoms with Crippen LogP contribution in [0.25, 0.3) is 11.1 Å². The molecule has 0 aromatic heterocycles. The van der Waals surface area contributed by atoms with Gasteiger partial charge in [0.25, 0.3) is 0 Å². The van der Waals surface area contributed by atoms with E-state index < -0.39 is 0 Å². The van der Waals surface area contributed by atoms with E-state index in [9.17, 15) is 0 Å². The Kier molecular flexibility index (Phi) is 5.26. The zero-order valence-corrected chi connectivity index (χ0v) is 14.1. The largest absolute Gasteiger partial charge is 0.495 e. The summed E-state index contributed by atoms with van der Waals surface area (Å²) in [5.41, 5.74) is 9.30. The van der Waals surface area contributed by atoms with E-state index in [1.807, 2.05) is 12.1 Å². The van der Waals surface area contributed by atoms with Crippen LogP contribution in [0.5, 0.6) is 11.5 Å². The second-order valence-corrected chi connectivity index (χ2v) is 5.59. The van der Waals surface area contributed by atoms with Crippen molar-refractivity contribution in [3.05, 3.63) is 46.4 Å². The van der Waals surface area contributed by atoms with E-state index in [0.29, 0.717) is 0 Å². The first-order valence-electron chi connectivity index (χ1n) is 6.88. The van der Waals surface area contributed by atoms with Crippen LogP contribution in [-0.4, -0.2) is 14.2 Å². The van der Waals surface area contributed by atoms with Crippen LogP contribution in [0.3, 0.4) is 0 Å². The lowest BCUT2D eigenvalue weighted by Crippen LogP contribution is -2.08. The second-order valence-electron chi connectivity index (χ2n) is 4.80. The Bertz CT molecular complexity index is 611. The molecular formula is C17H20BrNO2. The molecule has 0 aliphatic rings. The van der Waals surface area contributed by atoms with Gasteiger partial charge in [0.15, 0.2) is 0 Å². The number of nitrogens with two attached hydrogens (primary N) is 1. The Morgan fingerprint density at radius 2 is 1.71 bits per heavy atom. The predicted molar refractivity (Wildman–Crippen MR) is 89.9 cm³/mol. The lowest BCUT2D eigenvalue weighted by molar-refractivity contribution is 0.390. The summed E-state index contributed by atoms with van der Waals surface area (Å²) in [7, 11) is 3.30. The Morgan fingerprint density at radius 3 is 2.24 bits per heavy atom. The van der Waals surface area contributed by atoms with Gasteiger partial charge in [-0.15, -0.1) is 0 Å². The normalized spacial score (nSPS) is 12.0. The van der Waals surface area contributed by atoms with Gasteiger partial charge in [0.05, 0.1) is 14.2 Å². The summed E-state index contributed by atoms with van der Waals surface area (Å²) in [6.07, 6.45) is 0.927. The molecule has 0 radical (unpaired) electrons. The van der Waals surface area contributed by atoms with Crippen LogP contribution in [0.2, 0.25) is 0 Å². The van der Waals surface area contributed by atoms with Crippen LogP contribution in [0.1, 0.15) is 24.9 Å². The predicted octanol–water partition coefficient (Wildman–Crippen LogP) is 4.54. The van der Waals surface area contributed by atoms with Gasteiger partial charge in [-0.3, -0.25) is 0 Å². The smallest absolute Gasteiger partial charge is 0.144 e. The van der Waals surface area contributed by atoms with Crippen molar-refractivity contribution < 1.29 is 9.47 Å². The lowest BCUT2D eigenvalue weighted by Gasteiger charge is -2.15. The van der Waals surface area contributed by atoms with E-state index in [0.717, 1.165) is 39.1 Å². The van der Waals surface area contributed by atoms with Crippen molar-refractivity contribution in [2.45, 2.75) is 19.4 Å². The molecule has 0 aliphatic heterocycles. The number of hydrogen-bond acceptors (Lipinski definition) is 3. The number of hydrogen-bond donors (Lipinski definition) is 1. The highest BCUT2D eigenvalue weighted by molar-refractivity contribution is 9.10. The highest BCUT2D eigenvalue weighted by Crippen LogP contribution is 2.42. The van der Waals surface area contributed by atoms with Crippen LogP contribution in [-0.2, 0) is 0 Å². The van der Waals surface area contributed by atoms with Crippen LogP contribution < -0.4 is 15.2 Å². The second kappa shape index (κ2) is 6.96. The maximum atomic E-state index is 6.05. The molecule has 0 bridgehead atoms. The molecule has 0 spiro atoms. The summed E-state index contributed by atoms with van der Waals surface area (Å²) in [5.74, 6) is 1.52. The standard InChI is InChI=1S/C17H20BrNO2/c1-4-14(19)12-7-5-11(6-8-12)13-9-10-15(20-2)16(18)17(13)21-3/h5-10,14H,4,19H2,1-3H3. The Balaban J connectivity index is 2.44. The molecule has 4 heteroatoms. The molecule has 2 aromatic rings. The van der Waals surface area contributed by atoms with Gasteiger partial charge in [-0.25, -0.2) is 0 Å². The van der Waals surface area contributed by atoms with Gasteiger partial charge in [0.2, 0.25) is 0 Å². The van der Waals surface area contributed by atoms with Crippen molar-refractivity contribution in [2.75, 3.05) is 14.2 Å². The van der Waals surface area contributed by atoms with E-state index in [4.69, 9.17) is 15.2 Å². The zero-order valence-electron chi connectivity index (χ0n) is 12.5. The Morgan fingerprint density at radius 1 is 1.05 bits per heavy atom. The SMILES string of the molecule is CCC(N)c1ccc(-c2ccc(OC)c(Br)c2OC)cc1. The molecule has 21 heavy (non-hydrogen) atoms. The van der Waals surface area contributed by atoms with Gasteiger partial charge in [-0.05, 0) is 45.6 Å². The van der Waals surface area contributed by atoms with Gasteiger partial charge < -0.3 is 15.2 Å². The summed E-state index contributed by atoms with van der Waals surface area (Å²) < 4.78 is 11.6. The molecule has 0 amide bonds. The Hall–Kier alpha value is -1.52. The van der Waals surface area contributed by atoms with Crippen molar-refractivity contribution in [3.63, 3.8) is 0 Å². The zero-order chi connectivity index (χ0) is 15.4. The minimum atomic E-state index is 0.0866. The number of ether oxygens (including phenoxy) is 2. The molecule has 3 nitrogen and oxygen atoms in total. The quantitative estimate of drug-likeness (QED) is 0.861. The van der Waals surface area contributed by atoms with E-state index in [2.05, 4.69) is 47.1 Å². The molecule has 0 saturated heterocycles. The van der Waals surface area contributed by atoms with Crippen molar-refractivity contribution in [1.29, 1.82) is 0 Å². The molecule has 2 rings (SSSR count). The van der Waals surface area contributed by atoms with Gasteiger partial charge in [-0.1, -0.05) is 31.2 Å². The number of benzene rings is 2. The minimum absolute atomic E-state index is 0.0866. The first-order chi connectivity index (χ1) is 10.1. The molecule has 0 saturated carbocycles. The molecule has 1 atom stereocenters. The minimum Gasteiger partial charge on any atom is -0.495 e. The fourth-order valence-corrected chi connectivity index (χ4v) is 2.94. The van der Waals surface area contributed by atoms with Gasteiger partial charge >= 0.3 is 0 Å². The van der Waals surface area contributed by atoms with Gasteiger partial charge in [0.1, 0.15) is 16.0 Å². The van der Waals surface area contributed by atoms with E-state index >= 15 is 0 Å². The van der Waals surface area contributed by atoms with E-state index in [1.54, 1.807) is 14.2 Å². The van der Waals surface area contributed by atoms with E-state index in [1.165, 1.54) is 0 Å². The van der Waals surface area contributed by atoms with Gasteiger partial charge in [0, 0.05) is 11.6 Å². The van der Waals surface area contributed by atoms with E-state index in [-0.39, 0.29) is 6.04 Å². The van der Waals surface area contributed by atoms with Gasteiger partial charge in [-0.2, -0.15) is 0 Å². The van der Waals surface area contributed by atoms with Crippen LogP contribution >= 0.6 is 15.9 Å². The molecule has 2 N–H and O–H groups in total. The molecular weight excluding hydrogens is 330 g/mol. The summed E-state index contributed by atoms with van der Waals surface area (Å²) in [5, 5.41) is 0. The third-order valence-corrected chi connectivity index (χ3v) is 4.33. The highest BCUT2D eigenvalue weighted by Gasteiger charge is 2.14. The number of halogens is 1. The highest BCUT2D eigenvalue weighted by atomic mass is 79.9. The first kappa shape index (κ1) is 15.9. The van der Waals surface area contributed by atoms with Crippen LogP contribution in [0.15, 0.2) is 40.9 Å². The summed E-state index contributed by atoms with van der Waals surface area (Å²) in [4.78, 5) is 0. The van der Waals surface area contributed by atoms with Crippen LogP contribution in [0, 0.1) is 0 Å². The third kappa shape index (κ3) is 3.22. The van der Waals surface area contributed by atoms with Crippen molar-refractivity contribution >= 4 is 15.9 Å². The first-order valence-corrected chi connectivity index (χ1v) is 7.68. The molecule has 1 unspecified atom stereocenters. The molecule has 0 aliphatic carbocycles. The monoisotopic (exact) mass is 349 g/mol. The number of methoxy groups -OCH3 is 2. The van der Waals surface area contributed by atoms with Crippen LogP contribution in [0.4, 0.5) is 0 Å². The number of rotatable bonds is 5. The average Bonchev–Trinajstić information content (AvgIpc) is 2.54. The molecule has 112 valence electrons. The topological polar surface area (TPSA) is 44.5 Å². The lowest BCUT2D eigenvalue weighted by atomic mass is 9.99. The maximum Gasteiger partial charge on any atom is 0.144 e. The molecule has 0 fully saturated rings. The third-order valence-electron chi connectivity index (χ3n) is 3.58. The van der Waals surface area contributed by atoms with Crippen molar-refractivity contribution in [1.82, 2.24) is 0 Å². The molecule has 2 aromatic carbocycles. The molecule has 0 heterocycles. The summed E-state index contributed by atoms with van der Waals surface area (Å²) in [6, 6.07) is 12.3.